The molecule has 180 valence electrons. The van der Waals surface area contributed by atoms with Gasteiger partial charge in [0.1, 0.15) is 11.5 Å². The molecule has 5 rings (SSSR count). The van der Waals surface area contributed by atoms with Crippen LogP contribution in [0.25, 0.3) is 0 Å². The standard InChI is InChI=1S/C26H40O6/c1-7-8-9-10-11-12-18(27)30-21-19-17(15-26(21,5)23(28)29-6)16-13-14-25(19,4)22-20(16)31-24(2,3)32-22/h13-14,16-17,19-22H,7-12,15H2,1-6H3/t16-,17+,19-,20-,21+,22-,25+,26+/m0/s1. The molecule has 0 aromatic carbocycles. The second-order valence-corrected chi connectivity index (χ2v) is 11.2. The normalized spacial score (nSPS) is 43.1. The summed E-state index contributed by atoms with van der Waals surface area (Å²) in [6.45, 7) is 10.2. The molecule has 3 fully saturated rings. The Morgan fingerprint density at radius 3 is 2.47 bits per heavy atom. The third-order valence-corrected chi connectivity index (χ3v) is 8.48. The van der Waals surface area contributed by atoms with E-state index in [1.165, 1.54) is 20.0 Å². The maximum absolute atomic E-state index is 13.0. The van der Waals surface area contributed by atoms with Gasteiger partial charge in [-0.1, -0.05) is 51.7 Å². The minimum Gasteiger partial charge on any atom is -0.468 e. The van der Waals surface area contributed by atoms with Crippen LogP contribution in [0.5, 0.6) is 0 Å². The van der Waals surface area contributed by atoms with Gasteiger partial charge in [0.25, 0.3) is 0 Å². The maximum Gasteiger partial charge on any atom is 0.315 e. The molecule has 1 aliphatic heterocycles. The Bertz CT molecular complexity index is 774. The van der Waals surface area contributed by atoms with Gasteiger partial charge in [-0.25, -0.2) is 0 Å². The lowest BCUT2D eigenvalue weighted by molar-refractivity contribution is -0.180. The van der Waals surface area contributed by atoms with E-state index in [0.29, 0.717) is 12.8 Å². The number of ether oxygens (including phenoxy) is 4. The highest BCUT2D eigenvalue weighted by atomic mass is 16.8. The minimum atomic E-state index is -0.873. The van der Waals surface area contributed by atoms with Gasteiger partial charge in [0, 0.05) is 23.7 Å². The summed E-state index contributed by atoms with van der Waals surface area (Å²) in [6.07, 6.45) is 10.1. The molecule has 2 saturated carbocycles. The van der Waals surface area contributed by atoms with E-state index in [4.69, 9.17) is 18.9 Å². The van der Waals surface area contributed by atoms with Crippen molar-refractivity contribution in [3.05, 3.63) is 12.2 Å². The molecule has 0 aromatic heterocycles. The summed E-state index contributed by atoms with van der Waals surface area (Å²) in [6, 6.07) is 0. The largest absolute Gasteiger partial charge is 0.468 e. The lowest BCUT2D eigenvalue weighted by atomic mass is 9.53. The molecule has 1 heterocycles. The number of rotatable bonds is 8. The summed E-state index contributed by atoms with van der Waals surface area (Å²) in [7, 11) is 1.42. The fourth-order valence-corrected chi connectivity index (χ4v) is 6.99. The quantitative estimate of drug-likeness (QED) is 0.302. The molecule has 6 nitrogen and oxygen atoms in total. The van der Waals surface area contributed by atoms with Crippen LogP contribution in [0.2, 0.25) is 0 Å². The first-order valence-corrected chi connectivity index (χ1v) is 12.4. The first-order chi connectivity index (χ1) is 15.1. The van der Waals surface area contributed by atoms with Gasteiger partial charge < -0.3 is 18.9 Å². The van der Waals surface area contributed by atoms with E-state index in [2.05, 4.69) is 26.0 Å². The fourth-order valence-electron chi connectivity index (χ4n) is 6.99. The van der Waals surface area contributed by atoms with Crippen LogP contribution in [0.4, 0.5) is 0 Å². The van der Waals surface area contributed by atoms with E-state index in [1.54, 1.807) is 0 Å². The van der Waals surface area contributed by atoms with E-state index in [0.717, 1.165) is 19.3 Å². The highest BCUT2D eigenvalue weighted by Gasteiger charge is 2.72. The minimum absolute atomic E-state index is 0.00982. The van der Waals surface area contributed by atoms with E-state index in [-0.39, 0.29) is 47.3 Å². The predicted molar refractivity (Wildman–Crippen MR) is 120 cm³/mol. The molecule has 0 unspecified atom stereocenters. The Labute approximate surface area is 192 Å². The molecule has 5 aliphatic rings. The molecule has 2 bridgehead atoms. The topological polar surface area (TPSA) is 71.1 Å². The lowest BCUT2D eigenvalue weighted by Gasteiger charge is -2.55. The molecule has 6 heteroatoms. The Balaban J connectivity index is 1.58. The van der Waals surface area contributed by atoms with Gasteiger partial charge in [0.05, 0.1) is 19.3 Å². The Hall–Kier alpha value is -1.40. The van der Waals surface area contributed by atoms with Crippen molar-refractivity contribution in [3.63, 3.8) is 0 Å². The molecule has 0 radical (unpaired) electrons. The van der Waals surface area contributed by atoms with Crippen molar-refractivity contribution in [2.45, 2.75) is 104 Å². The van der Waals surface area contributed by atoms with Gasteiger partial charge in [-0.05, 0) is 39.5 Å². The Morgan fingerprint density at radius 1 is 1.06 bits per heavy atom. The molecule has 4 aliphatic carbocycles. The molecule has 0 spiro atoms. The SMILES string of the molecule is CCCCCCCC(=O)O[C@@H]1[C@@H]2[C@H](C[C@@]1(C)C(=O)OC)[C@@H]1C=C[C@@]2(C)[C@H]2OC(C)(C)O[C@@H]12. The number of methoxy groups -OCH3 is 1. The van der Waals surface area contributed by atoms with Crippen molar-refractivity contribution >= 4 is 11.9 Å². The summed E-state index contributed by atoms with van der Waals surface area (Å²) < 4.78 is 24.1. The smallest absolute Gasteiger partial charge is 0.315 e. The van der Waals surface area contributed by atoms with E-state index in [9.17, 15) is 9.59 Å². The van der Waals surface area contributed by atoms with Crippen LogP contribution < -0.4 is 0 Å². The van der Waals surface area contributed by atoms with Crippen molar-refractivity contribution in [3.8, 4) is 0 Å². The third kappa shape index (κ3) is 3.71. The molecule has 0 aromatic rings. The highest BCUT2D eigenvalue weighted by Crippen LogP contribution is 2.67. The molecule has 0 N–H and O–H groups in total. The third-order valence-electron chi connectivity index (χ3n) is 8.48. The number of unbranched alkanes of at least 4 members (excludes halogenated alkanes) is 4. The number of esters is 2. The van der Waals surface area contributed by atoms with Crippen LogP contribution in [0.15, 0.2) is 12.2 Å². The second kappa shape index (κ2) is 8.43. The van der Waals surface area contributed by atoms with Crippen molar-refractivity contribution in [2.24, 2.45) is 28.6 Å². The lowest BCUT2D eigenvalue weighted by Crippen LogP contribution is -2.60. The van der Waals surface area contributed by atoms with E-state index >= 15 is 0 Å². The van der Waals surface area contributed by atoms with Gasteiger partial charge in [0.15, 0.2) is 5.79 Å². The molecule has 1 saturated heterocycles. The molecule has 0 amide bonds. The summed E-state index contributed by atoms with van der Waals surface area (Å²) in [5, 5.41) is 0. The fraction of sp³-hybridized carbons (Fsp3) is 0.846. The summed E-state index contributed by atoms with van der Waals surface area (Å²) >= 11 is 0. The van der Waals surface area contributed by atoms with Crippen LogP contribution in [0.3, 0.4) is 0 Å². The maximum atomic E-state index is 13.0. The Morgan fingerprint density at radius 2 is 1.78 bits per heavy atom. The zero-order valence-electron chi connectivity index (χ0n) is 20.5. The van der Waals surface area contributed by atoms with Crippen molar-refractivity contribution in [1.82, 2.24) is 0 Å². The molecule has 32 heavy (non-hydrogen) atoms. The highest BCUT2D eigenvalue weighted by molar-refractivity contribution is 5.79. The van der Waals surface area contributed by atoms with Crippen LogP contribution >= 0.6 is 0 Å². The average molecular weight is 449 g/mol. The van der Waals surface area contributed by atoms with Crippen LogP contribution in [-0.4, -0.2) is 43.1 Å². The second-order valence-electron chi connectivity index (χ2n) is 11.2. The number of carbonyl (C=O) groups excluding carboxylic acids is 2. The number of hydrogen-bond donors (Lipinski definition) is 0. The van der Waals surface area contributed by atoms with E-state index in [1.807, 2.05) is 20.8 Å². The summed E-state index contributed by atoms with van der Waals surface area (Å²) in [5.41, 5.74) is -1.25. The van der Waals surface area contributed by atoms with Gasteiger partial charge >= 0.3 is 11.9 Å². The van der Waals surface area contributed by atoms with Crippen molar-refractivity contribution in [2.75, 3.05) is 7.11 Å². The zero-order chi connectivity index (χ0) is 23.3. The van der Waals surface area contributed by atoms with Crippen LogP contribution in [0.1, 0.15) is 79.6 Å². The van der Waals surface area contributed by atoms with E-state index < -0.39 is 17.3 Å². The predicted octanol–water partition coefficient (Wildman–Crippen LogP) is 4.80. The summed E-state index contributed by atoms with van der Waals surface area (Å²) in [4.78, 5) is 25.9. The Kier molecular flexibility index (Phi) is 6.25. The van der Waals surface area contributed by atoms with Crippen LogP contribution in [-0.2, 0) is 28.5 Å². The molecular weight excluding hydrogens is 408 g/mol. The van der Waals surface area contributed by atoms with Gasteiger partial charge in [-0.15, -0.1) is 0 Å². The average Bonchev–Trinajstić information content (AvgIpc) is 3.23. The van der Waals surface area contributed by atoms with Crippen LogP contribution in [0, 0.1) is 28.6 Å². The summed E-state index contributed by atoms with van der Waals surface area (Å²) in [5.74, 6) is -0.856. The van der Waals surface area contributed by atoms with Gasteiger partial charge in [-0.2, -0.15) is 0 Å². The zero-order valence-corrected chi connectivity index (χ0v) is 20.5. The number of carbonyl (C=O) groups is 2. The number of hydrogen-bond acceptors (Lipinski definition) is 6. The van der Waals surface area contributed by atoms with Crippen molar-refractivity contribution in [1.29, 1.82) is 0 Å². The van der Waals surface area contributed by atoms with Gasteiger partial charge in [0.2, 0.25) is 0 Å². The first-order valence-electron chi connectivity index (χ1n) is 12.4. The molecule has 8 atom stereocenters. The monoisotopic (exact) mass is 448 g/mol. The van der Waals surface area contributed by atoms with Crippen molar-refractivity contribution < 1.29 is 28.5 Å². The first kappa shape index (κ1) is 23.7. The molecular formula is C26H40O6. The van der Waals surface area contributed by atoms with Gasteiger partial charge in [-0.3, -0.25) is 9.59 Å².